The van der Waals surface area contributed by atoms with Crippen LogP contribution in [0.15, 0.2) is 70.5 Å². The van der Waals surface area contributed by atoms with Gasteiger partial charge in [-0.2, -0.15) is 5.10 Å². The van der Waals surface area contributed by atoms with E-state index in [1.807, 2.05) is 48.1 Å². The molecule has 2 aromatic heterocycles. The number of aliphatic imine (C=N–C) groups is 1. The van der Waals surface area contributed by atoms with Crippen molar-refractivity contribution in [2.75, 3.05) is 13.1 Å². The summed E-state index contributed by atoms with van der Waals surface area (Å²) in [7, 11) is 0. The zero-order chi connectivity index (χ0) is 19.1. The summed E-state index contributed by atoms with van der Waals surface area (Å²) in [5.74, 6) is 1.15. The average Bonchev–Trinajstić information content (AvgIpc) is 3.39. The van der Waals surface area contributed by atoms with Crippen LogP contribution in [0, 0.1) is 0 Å². The quantitative estimate of drug-likeness (QED) is 0.441. The smallest absolute Gasteiger partial charge is 0.191 e. The minimum Gasteiger partial charge on any atom is -0.466 e. The van der Waals surface area contributed by atoms with Crippen LogP contribution in [-0.4, -0.2) is 33.9 Å². The van der Waals surface area contributed by atoms with Gasteiger partial charge in [-0.3, -0.25) is 0 Å². The second-order valence-electron chi connectivity index (χ2n) is 6.42. The van der Waals surface area contributed by atoms with Crippen molar-refractivity contribution < 1.29 is 9.52 Å². The number of nitrogens with one attached hydrogen (secondary N) is 2. The minimum absolute atomic E-state index is 0.282. The van der Waals surface area contributed by atoms with E-state index in [-0.39, 0.29) is 6.54 Å². The Morgan fingerprint density at radius 2 is 2.04 bits per heavy atom. The van der Waals surface area contributed by atoms with Crippen molar-refractivity contribution in [1.82, 2.24) is 20.4 Å². The molecule has 7 nitrogen and oxygen atoms in total. The van der Waals surface area contributed by atoms with Gasteiger partial charge in [-0.1, -0.05) is 12.1 Å². The number of aliphatic hydroxyl groups is 1. The lowest BCUT2D eigenvalue weighted by Gasteiger charge is -2.22. The van der Waals surface area contributed by atoms with Crippen LogP contribution in [0.5, 0.6) is 0 Å². The molecule has 0 radical (unpaired) electrons. The van der Waals surface area contributed by atoms with E-state index in [9.17, 15) is 5.11 Å². The van der Waals surface area contributed by atoms with Gasteiger partial charge in [0, 0.05) is 18.9 Å². The van der Waals surface area contributed by atoms with Crippen LogP contribution < -0.4 is 10.6 Å². The number of furan rings is 1. The molecule has 1 unspecified atom stereocenters. The highest BCUT2D eigenvalue weighted by Gasteiger charge is 2.26. The number of benzene rings is 1. The van der Waals surface area contributed by atoms with E-state index in [0.717, 1.165) is 17.8 Å². The molecule has 3 rings (SSSR count). The Morgan fingerprint density at radius 3 is 2.67 bits per heavy atom. The minimum atomic E-state index is -1.12. The van der Waals surface area contributed by atoms with Gasteiger partial charge in [-0.05, 0) is 49.7 Å². The third-order valence-electron chi connectivity index (χ3n) is 4.12. The first-order chi connectivity index (χ1) is 13.1. The summed E-state index contributed by atoms with van der Waals surface area (Å²) in [4.78, 5) is 4.59. The Kier molecular flexibility index (Phi) is 5.93. The van der Waals surface area contributed by atoms with Gasteiger partial charge < -0.3 is 20.2 Å². The third kappa shape index (κ3) is 4.98. The fourth-order valence-electron chi connectivity index (χ4n) is 2.62. The molecule has 3 N–H and O–H groups in total. The molecule has 0 spiro atoms. The molecule has 1 atom stereocenters. The Bertz CT molecular complexity index is 837. The number of hydrogen-bond acceptors (Lipinski definition) is 4. The zero-order valence-corrected chi connectivity index (χ0v) is 15.6. The van der Waals surface area contributed by atoms with Gasteiger partial charge in [0.25, 0.3) is 0 Å². The molecule has 0 saturated heterocycles. The van der Waals surface area contributed by atoms with Crippen LogP contribution in [0.2, 0.25) is 0 Å². The van der Waals surface area contributed by atoms with Crippen molar-refractivity contribution in [3.63, 3.8) is 0 Å². The Morgan fingerprint density at radius 1 is 1.22 bits per heavy atom. The van der Waals surface area contributed by atoms with Crippen molar-refractivity contribution in [2.45, 2.75) is 26.0 Å². The van der Waals surface area contributed by atoms with E-state index in [2.05, 4.69) is 20.7 Å². The Balaban J connectivity index is 1.61. The fourth-order valence-corrected chi connectivity index (χ4v) is 2.62. The maximum absolute atomic E-state index is 10.6. The monoisotopic (exact) mass is 367 g/mol. The highest BCUT2D eigenvalue weighted by Crippen LogP contribution is 2.19. The lowest BCUT2D eigenvalue weighted by molar-refractivity contribution is 0.0386. The summed E-state index contributed by atoms with van der Waals surface area (Å²) in [5, 5.41) is 21.1. The summed E-state index contributed by atoms with van der Waals surface area (Å²) in [6, 6.07) is 13.5. The van der Waals surface area contributed by atoms with Gasteiger partial charge in [0.05, 0.1) is 25.0 Å². The van der Waals surface area contributed by atoms with Crippen LogP contribution in [0.25, 0.3) is 5.69 Å². The van der Waals surface area contributed by atoms with Gasteiger partial charge in [0.1, 0.15) is 11.4 Å². The van der Waals surface area contributed by atoms with E-state index >= 15 is 0 Å². The largest absolute Gasteiger partial charge is 0.466 e. The highest BCUT2D eigenvalue weighted by atomic mass is 16.4. The van der Waals surface area contributed by atoms with Crippen LogP contribution in [0.1, 0.15) is 25.2 Å². The summed E-state index contributed by atoms with van der Waals surface area (Å²) in [5.41, 5.74) is 0.971. The molecule has 0 fully saturated rings. The van der Waals surface area contributed by atoms with Crippen LogP contribution in [-0.2, 0) is 12.1 Å². The van der Waals surface area contributed by atoms with Gasteiger partial charge >= 0.3 is 0 Å². The normalized spacial score (nSPS) is 14.0. The Hall–Kier alpha value is -3.06. The first-order valence-electron chi connectivity index (χ1n) is 8.96. The number of hydrogen-bond donors (Lipinski definition) is 3. The maximum Gasteiger partial charge on any atom is 0.191 e. The molecule has 27 heavy (non-hydrogen) atoms. The summed E-state index contributed by atoms with van der Waals surface area (Å²) in [6.07, 6.45) is 5.21. The summed E-state index contributed by atoms with van der Waals surface area (Å²) >= 11 is 0. The lowest BCUT2D eigenvalue weighted by atomic mass is 10.0. The topological polar surface area (TPSA) is 87.6 Å². The second kappa shape index (κ2) is 8.55. The van der Waals surface area contributed by atoms with Gasteiger partial charge in [0.2, 0.25) is 0 Å². The van der Waals surface area contributed by atoms with Crippen LogP contribution in [0.4, 0.5) is 0 Å². The molecule has 0 amide bonds. The molecule has 0 bridgehead atoms. The van der Waals surface area contributed by atoms with Crippen molar-refractivity contribution >= 4 is 5.96 Å². The molecule has 0 aliphatic rings. The summed E-state index contributed by atoms with van der Waals surface area (Å²) < 4.78 is 7.12. The molecule has 0 aliphatic heterocycles. The van der Waals surface area contributed by atoms with Gasteiger partial charge in [-0.15, -0.1) is 0 Å². The molecule has 0 saturated carbocycles. The SMILES string of the molecule is CCNC(=NCc1ccc(-n2cccn2)cc1)NCC(C)(O)c1ccco1. The van der Waals surface area contributed by atoms with E-state index < -0.39 is 5.60 Å². The molecule has 7 heteroatoms. The van der Waals surface area contributed by atoms with Crippen LogP contribution in [0.3, 0.4) is 0 Å². The maximum atomic E-state index is 10.6. The molecule has 1 aromatic carbocycles. The third-order valence-corrected chi connectivity index (χ3v) is 4.12. The molecule has 2 heterocycles. The van der Waals surface area contributed by atoms with Gasteiger partial charge in [-0.25, -0.2) is 9.67 Å². The lowest BCUT2D eigenvalue weighted by Crippen LogP contribution is -2.44. The molecule has 142 valence electrons. The van der Waals surface area contributed by atoms with E-state index in [0.29, 0.717) is 18.3 Å². The molecular formula is C20H25N5O2. The van der Waals surface area contributed by atoms with Crippen molar-refractivity contribution in [2.24, 2.45) is 4.99 Å². The number of nitrogens with zero attached hydrogens (tertiary/aromatic N) is 3. The number of rotatable bonds is 7. The van der Waals surface area contributed by atoms with E-state index in [1.165, 1.54) is 0 Å². The molecule has 0 aliphatic carbocycles. The second-order valence-corrected chi connectivity index (χ2v) is 6.42. The molecular weight excluding hydrogens is 342 g/mol. The predicted molar refractivity (Wildman–Crippen MR) is 105 cm³/mol. The van der Waals surface area contributed by atoms with E-state index in [4.69, 9.17) is 4.42 Å². The number of aromatic nitrogens is 2. The highest BCUT2D eigenvalue weighted by molar-refractivity contribution is 5.79. The Labute approximate surface area is 158 Å². The van der Waals surface area contributed by atoms with Crippen LogP contribution >= 0.6 is 0 Å². The zero-order valence-electron chi connectivity index (χ0n) is 15.6. The summed E-state index contributed by atoms with van der Waals surface area (Å²) in [6.45, 7) is 5.24. The predicted octanol–water partition coefficient (Wildman–Crippen LogP) is 2.43. The van der Waals surface area contributed by atoms with Crippen molar-refractivity contribution in [3.8, 4) is 5.69 Å². The van der Waals surface area contributed by atoms with E-state index in [1.54, 1.807) is 31.5 Å². The average molecular weight is 367 g/mol. The molecule has 3 aromatic rings. The number of guanidine groups is 1. The first kappa shape index (κ1) is 18.7. The fraction of sp³-hybridized carbons (Fsp3) is 0.300. The van der Waals surface area contributed by atoms with Crippen molar-refractivity contribution in [3.05, 3.63) is 72.4 Å². The first-order valence-corrected chi connectivity index (χ1v) is 8.96. The standard InChI is InChI=1S/C20H25N5O2/c1-3-21-19(23-15-20(2,26)18-6-4-13-27-18)22-14-16-7-9-17(10-8-16)25-12-5-11-24-25/h4-13,26H,3,14-15H2,1-2H3,(H2,21,22,23). The van der Waals surface area contributed by atoms with Gasteiger partial charge in [0.15, 0.2) is 5.96 Å². The van der Waals surface area contributed by atoms with Crippen molar-refractivity contribution in [1.29, 1.82) is 0 Å².